The maximum Gasteiger partial charge on any atom is 0.240 e. The van der Waals surface area contributed by atoms with Crippen LogP contribution in [0.5, 0.6) is 0 Å². The molecule has 2 aliphatic rings. The van der Waals surface area contributed by atoms with Crippen LogP contribution < -0.4 is 11.1 Å². The van der Waals surface area contributed by atoms with Crippen LogP contribution in [0.3, 0.4) is 0 Å². The SMILES string of the molecule is COCCN1CCCC1CNC(=O)C1(N)CCOCC1.Cl.Cl. The Labute approximate surface area is 145 Å². The molecule has 0 radical (unpaired) electrons. The predicted molar refractivity (Wildman–Crippen MR) is 90.9 cm³/mol. The third kappa shape index (κ3) is 5.83. The largest absolute Gasteiger partial charge is 0.383 e. The molecular formula is C14H29Cl2N3O3. The number of hydrogen-bond acceptors (Lipinski definition) is 5. The van der Waals surface area contributed by atoms with Gasteiger partial charge in [0.25, 0.3) is 0 Å². The Balaban J connectivity index is 0.00000220. The van der Waals surface area contributed by atoms with Crippen molar-refractivity contribution in [3.05, 3.63) is 0 Å². The van der Waals surface area contributed by atoms with Crippen molar-refractivity contribution in [2.45, 2.75) is 37.3 Å². The van der Waals surface area contributed by atoms with E-state index in [0.29, 0.717) is 38.6 Å². The van der Waals surface area contributed by atoms with Gasteiger partial charge in [0, 0.05) is 39.5 Å². The summed E-state index contributed by atoms with van der Waals surface area (Å²) >= 11 is 0. The smallest absolute Gasteiger partial charge is 0.240 e. The zero-order valence-corrected chi connectivity index (χ0v) is 14.8. The standard InChI is InChI=1S/C14H27N3O3.2ClH/c1-19-10-7-17-6-2-3-12(17)11-16-13(18)14(15)4-8-20-9-5-14;;/h12H,2-11,15H2,1H3,(H,16,18);2*1H. The number of rotatable bonds is 6. The molecule has 0 aromatic carbocycles. The van der Waals surface area contributed by atoms with E-state index in [1.807, 2.05) is 0 Å². The van der Waals surface area contributed by atoms with Crippen molar-refractivity contribution in [1.82, 2.24) is 10.2 Å². The van der Waals surface area contributed by atoms with Crippen molar-refractivity contribution < 1.29 is 14.3 Å². The topological polar surface area (TPSA) is 76.8 Å². The highest BCUT2D eigenvalue weighted by molar-refractivity contribution is 5.86. The van der Waals surface area contributed by atoms with Crippen molar-refractivity contribution in [2.75, 3.05) is 46.6 Å². The van der Waals surface area contributed by atoms with Gasteiger partial charge in [-0.2, -0.15) is 0 Å². The minimum absolute atomic E-state index is 0. The molecule has 1 amide bonds. The summed E-state index contributed by atoms with van der Waals surface area (Å²) in [6, 6.07) is 0.414. The van der Waals surface area contributed by atoms with E-state index in [1.54, 1.807) is 7.11 Å². The number of likely N-dealkylation sites (tertiary alicyclic amines) is 1. The van der Waals surface area contributed by atoms with Crippen molar-refractivity contribution in [3.8, 4) is 0 Å². The number of nitrogens with two attached hydrogens (primary N) is 1. The monoisotopic (exact) mass is 357 g/mol. The molecule has 8 heteroatoms. The number of nitrogens with zero attached hydrogens (tertiary/aromatic N) is 1. The molecule has 2 rings (SSSR count). The molecule has 0 aromatic rings. The van der Waals surface area contributed by atoms with E-state index in [1.165, 1.54) is 6.42 Å². The normalized spacial score (nSPS) is 24.2. The van der Waals surface area contributed by atoms with Crippen molar-refractivity contribution >= 4 is 30.7 Å². The molecule has 0 aromatic heterocycles. The van der Waals surface area contributed by atoms with Crippen LogP contribution in [0, 0.1) is 0 Å². The Hall–Kier alpha value is -0.110. The number of hydrogen-bond donors (Lipinski definition) is 2. The lowest BCUT2D eigenvalue weighted by atomic mass is 9.90. The van der Waals surface area contributed by atoms with Gasteiger partial charge >= 0.3 is 0 Å². The highest BCUT2D eigenvalue weighted by atomic mass is 35.5. The molecule has 0 bridgehead atoms. The van der Waals surface area contributed by atoms with Gasteiger partial charge in [-0.1, -0.05) is 0 Å². The van der Waals surface area contributed by atoms with Crippen molar-refractivity contribution in [1.29, 1.82) is 0 Å². The fourth-order valence-electron chi connectivity index (χ4n) is 2.98. The minimum atomic E-state index is -0.742. The molecule has 1 atom stereocenters. The maximum absolute atomic E-state index is 12.3. The molecule has 22 heavy (non-hydrogen) atoms. The number of nitrogens with one attached hydrogen (secondary N) is 1. The third-order valence-electron chi connectivity index (χ3n) is 4.42. The van der Waals surface area contributed by atoms with Crippen LogP contribution in [0.1, 0.15) is 25.7 Å². The lowest BCUT2D eigenvalue weighted by Gasteiger charge is -2.33. The highest BCUT2D eigenvalue weighted by Gasteiger charge is 2.36. The van der Waals surface area contributed by atoms with Crippen LogP contribution in [0.4, 0.5) is 0 Å². The minimum Gasteiger partial charge on any atom is -0.383 e. The Morgan fingerprint density at radius 3 is 2.73 bits per heavy atom. The number of halogens is 2. The molecule has 2 fully saturated rings. The summed E-state index contributed by atoms with van der Waals surface area (Å²) in [4.78, 5) is 14.6. The molecule has 2 aliphatic heterocycles. The van der Waals surface area contributed by atoms with E-state index in [-0.39, 0.29) is 30.7 Å². The first-order chi connectivity index (χ1) is 9.65. The lowest BCUT2D eigenvalue weighted by Crippen LogP contribution is -2.58. The average Bonchev–Trinajstić information content (AvgIpc) is 2.90. The van der Waals surface area contributed by atoms with E-state index in [2.05, 4.69) is 10.2 Å². The zero-order valence-electron chi connectivity index (χ0n) is 13.2. The second-order valence-electron chi connectivity index (χ2n) is 5.80. The van der Waals surface area contributed by atoms with Gasteiger partial charge in [0.05, 0.1) is 12.1 Å². The molecule has 1 unspecified atom stereocenters. The van der Waals surface area contributed by atoms with E-state index in [9.17, 15) is 4.79 Å². The van der Waals surface area contributed by atoms with E-state index in [4.69, 9.17) is 15.2 Å². The second-order valence-corrected chi connectivity index (χ2v) is 5.80. The number of carbonyl (C=O) groups excluding carboxylic acids is 1. The molecule has 0 saturated carbocycles. The third-order valence-corrected chi connectivity index (χ3v) is 4.42. The first-order valence-electron chi connectivity index (χ1n) is 7.53. The summed E-state index contributed by atoms with van der Waals surface area (Å²) in [5, 5.41) is 3.04. The van der Waals surface area contributed by atoms with Gasteiger partial charge in [-0.25, -0.2) is 0 Å². The first kappa shape index (κ1) is 21.9. The van der Waals surface area contributed by atoms with Gasteiger partial charge in [-0.3, -0.25) is 9.69 Å². The molecule has 0 spiro atoms. The molecule has 6 nitrogen and oxygen atoms in total. The van der Waals surface area contributed by atoms with Crippen LogP contribution in [0.15, 0.2) is 0 Å². The van der Waals surface area contributed by atoms with Crippen LogP contribution in [-0.4, -0.2) is 69.0 Å². The summed E-state index contributed by atoms with van der Waals surface area (Å²) in [5.41, 5.74) is 5.43. The maximum atomic E-state index is 12.3. The van der Waals surface area contributed by atoms with Gasteiger partial charge in [-0.05, 0) is 32.2 Å². The second kappa shape index (κ2) is 10.6. The number of amides is 1. The first-order valence-corrected chi connectivity index (χ1v) is 7.53. The van der Waals surface area contributed by atoms with Crippen LogP contribution in [0.25, 0.3) is 0 Å². The number of carbonyl (C=O) groups is 1. The highest BCUT2D eigenvalue weighted by Crippen LogP contribution is 2.19. The summed E-state index contributed by atoms with van der Waals surface area (Å²) in [6.45, 7) is 4.59. The Kier molecular flexibility index (Phi) is 10.6. The summed E-state index contributed by atoms with van der Waals surface area (Å²) in [5.74, 6) is -0.0283. The number of methoxy groups -OCH3 is 1. The van der Waals surface area contributed by atoms with Gasteiger partial charge < -0.3 is 20.5 Å². The summed E-state index contributed by atoms with van der Waals surface area (Å²) < 4.78 is 10.4. The summed E-state index contributed by atoms with van der Waals surface area (Å²) in [7, 11) is 1.72. The molecule has 132 valence electrons. The van der Waals surface area contributed by atoms with Gasteiger partial charge in [0.2, 0.25) is 5.91 Å². The quantitative estimate of drug-likeness (QED) is 0.726. The van der Waals surface area contributed by atoms with Crippen molar-refractivity contribution in [3.63, 3.8) is 0 Å². The Bertz CT molecular complexity index is 328. The molecule has 3 N–H and O–H groups in total. The number of ether oxygens (including phenoxy) is 2. The fraction of sp³-hybridized carbons (Fsp3) is 0.929. The van der Waals surface area contributed by atoms with Gasteiger partial charge in [0.15, 0.2) is 0 Å². The molecule has 0 aliphatic carbocycles. The Morgan fingerprint density at radius 2 is 2.09 bits per heavy atom. The molecule has 2 heterocycles. The molecule has 2 saturated heterocycles. The van der Waals surface area contributed by atoms with Gasteiger partial charge in [0.1, 0.15) is 0 Å². The van der Waals surface area contributed by atoms with Crippen LogP contribution >= 0.6 is 24.8 Å². The molecular weight excluding hydrogens is 329 g/mol. The summed E-state index contributed by atoms with van der Waals surface area (Å²) in [6.07, 6.45) is 3.53. The van der Waals surface area contributed by atoms with Gasteiger partial charge in [-0.15, -0.1) is 24.8 Å². The van der Waals surface area contributed by atoms with Crippen LogP contribution in [0.2, 0.25) is 0 Å². The van der Waals surface area contributed by atoms with E-state index in [0.717, 1.165) is 26.1 Å². The zero-order chi connectivity index (χ0) is 14.4. The van der Waals surface area contributed by atoms with Crippen LogP contribution in [-0.2, 0) is 14.3 Å². The van der Waals surface area contributed by atoms with E-state index >= 15 is 0 Å². The van der Waals surface area contributed by atoms with E-state index < -0.39 is 5.54 Å². The van der Waals surface area contributed by atoms with Crippen molar-refractivity contribution in [2.24, 2.45) is 5.73 Å². The lowest BCUT2D eigenvalue weighted by molar-refractivity contribution is -0.130. The average molecular weight is 358 g/mol. The Morgan fingerprint density at radius 1 is 1.41 bits per heavy atom. The predicted octanol–water partition coefficient (Wildman–Crippen LogP) is 0.565. The fourth-order valence-corrected chi connectivity index (χ4v) is 2.98.